The van der Waals surface area contributed by atoms with Gasteiger partial charge in [-0.05, 0) is 32.0 Å². The van der Waals surface area contributed by atoms with Crippen molar-refractivity contribution in [3.8, 4) is 11.4 Å². The van der Waals surface area contributed by atoms with Crippen LogP contribution >= 0.6 is 11.6 Å². The van der Waals surface area contributed by atoms with Crippen molar-refractivity contribution in [1.29, 1.82) is 0 Å². The van der Waals surface area contributed by atoms with Crippen LogP contribution in [-0.2, 0) is 6.61 Å². The van der Waals surface area contributed by atoms with Gasteiger partial charge < -0.3 is 9.67 Å². The van der Waals surface area contributed by atoms with Crippen molar-refractivity contribution in [2.24, 2.45) is 0 Å². The van der Waals surface area contributed by atoms with Crippen molar-refractivity contribution in [3.05, 3.63) is 34.9 Å². The number of nitrogens with zero attached hydrogens (tertiary/aromatic N) is 3. The van der Waals surface area contributed by atoms with Gasteiger partial charge in [-0.15, -0.1) is 10.2 Å². The zero-order valence-electron chi connectivity index (χ0n) is 10.1. The molecule has 0 unspecified atom stereocenters. The first kappa shape index (κ1) is 13.0. The van der Waals surface area contributed by atoms with Crippen LogP contribution in [0.15, 0.2) is 18.2 Å². The fourth-order valence-corrected chi connectivity index (χ4v) is 1.92. The molecule has 0 aliphatic rings. The smallest absolute Gasteiger partial charge is 0.164 e. The molecule has 1 heterocycles. The number of aliphatic hydroxyl groups excluding tert-OH is 1. The summed E-state index contributed by atoms with van der Waals surface area (Å²) in [6.45, 7) is 3.68. The van der Waals surface area contributed by atoms with Gasteiger partial charge in [-0.3, -0.25) is 0 Å². The molecule has 0 aliphatic heterocycles. The Kier molecular flexibility index (Phi) is 3.63. The van der Waals surface area contributed by atoms with Crippen molar-refractivity contribution in [3.63, 3.8) is 0 Å². The van der Waals surface area contributed by atoms with Crippen LogP contribution in [0.4, 0.5) is 4.39 Å². The summed E-state index contributed by atoms with van der Waals surface area (Å²) in [5.41, 5.74) is 0.581. The molecule has 6 heteroatoms. The fourth-order valence-electron chi connectivity index (χ4n) is 1.81. The molecule has 1 aromatic heterocycles. The highest BCUT2D eigenvalue weighted by molar-refractivity contribution is 6.30. The van der Waals surface area contributed by atoms with Crippen molar-refractivity contribution in [1.82, 2.24) is 14.8 Å². The molecule has 0 radical (unpaired) electrons. The van der Waals surface area contributed by atoms with Crippen molar-refractivity contribution in [2.75, 3.05) is 0 Å². The Morgan fingerprint density at radius 3 is 2.67 bits per heavy atom. The van der Waals surface area contributed by atoms with Crippen LogP contribution in [0.1, 0.15) is 25.7 Å². The number of hydrogen-bond donors (Lipinski definition) is 1. The predicted molar refractivity (Wildman–Crippen MR) is 66.7 cm³/mol. The summed E-state index contributed by atoms with van der Waals surface area (Å²) < 4.78 is 15.2. The zero-order valence-corrected chi connectivity index (χ0v) is 10.8. The lowest BCUT2D eigenvalue weighted by Gasteiger charge is -2.13. The summed E-state index contributed by atoms with van der Waals surface area (Å²) in [6, 6.07) is 4.53. The maximum atomic E-state index is 13.4. The van der Waals surface area contributed by atoms with Crippen LogP contribution in [0.5, 0.6) is 0 Å². The Morgan fingerprint density at radius 2 is 2.11 bits per heavy atom. The summed E-state index contributed by atoms with van der Waals surface area (Å²) in [4.78, 5) is 0. The van der Waals surface area contributed by atoms with Gasteiger partial charge in [-0.1, -0.05) is 11.6 Å². The predicted octanol–water partition coefficient (Wildman–Crippen LogP) is 2.81. The van der Waals surface area contributed by atoms with Crippen LogP contribution in [0, 0.1) is 5.82 Å². The van der Waals surface area contributed by atoms with Gasteiger partial charge in [0.05, 0.1) is 5.02 Å². The van der Waals surface area contributed by atoms with E-state index in [0.717, 1.165) is 0 Å². The highest BCUT2D eigenvalue weighted by atomic mass is 35.5. The quantitative estimate of drug-likeness (QED) is 0.932. The van der Waals surface area contributed by atoms with Crippen LogP contribution in [0.3, 0.4) is 0 Å². The molecule has 1 aromatic carbocycles. The minimum atomic E-state index is -0.502. The first-order chi connectivity index (χ1) is 8.54. The van der Waals surface area contributed by atoms with E-state index in [1.807, 2.05) is 13.8 Å². The second kappa shape index (κ2) is 5.04. The number of halogens is 2. The number of hydrogen-bond acceptors (Lipinski definition) is 3. The molecule has 1 N–H and O–H groups in total. The molecule has 96 valence electrons. The van der Waals surface area contributed by atoms with Crippen LogP contribution in [0.25, 0.3) is 11.4 Å². The zero-order chi connectivity index (χ0) is 13.3. The Hall–Kier alpha value is -1.46. The molecule has 0 atom stereocenters. The monoisotopic (exact) mass is 269 g/mol. The van der Waals surface area contributed by atoms with Crippen molar-refractivity contribution < 1.29 is 9.50 Å². The maximum absolute atomic E-state index is 13.4. The van der Waals surface area contributed by atoms with E-state index >= 15 is 0 Å². The minimum absolute atomic E-state index is 0.0656. The van der Waals surface area contributed by atoms with Crippen LogP contribution in [0.2, 0.25) is 5.02 Å². The van der Waals surface area contributed by atoms with Crippen LogP contribution < -0.4 is 0 Å². The molecule has 0 bridgehead atoms. The van der Waals surface area contributed by atoms with E-state index in [4.69, 9.17) is 11.6 Å². The van der Waals surface area contributed by atoms with E-state index in [9.17, 15) is 9.50 Å². The van der Waals surface area contributed by atoms with E-state index in [-0.39, 0.29) is 17.7 Å². The molecule has 0 aliphatic carbocycles. The third-order valence-corrected chi connectivity index (χ3v) is 2.91. The Bertz CT molecular complexity index is 568. The first-order valence-corrected chi connectivity index (χ1v) is 5.92. The van der Waals surface area contributed by atoms with Gasteiger partial charge in [0, 0.05) is 11.6 Å². The first-order valence-electron chi connectivity index (χ1n) is 5.54. The van der Waals surface area contributed by atoms with Gasteiger partial charge in [0.2, 0.25) is 0 Å². The molecule has 0 saturated heterocycles. The van der Waals surface area contributed by atoms with E-state index in [2.05, 4.69) is 10.2 Å². The summed E-state index contributed by atoms with van der Waals surface area (Å²) >= 11 is 5.65. The van der Waals surface area contributed by atoms with Crippen molar-refractivity contribution >= 4 is 11.6 Å². The van der Waals surface area contributed by atoms with Gasteiger partial charge in [0.25, 0.3) is 0 Å². The molecular weight excluding hydrogens is 257 g/mol. The van der Waals surface area contributed by atoms with Gasteiger partial charge in [-0.25, -0.2) is 4.39 Å². The molecule has 2 aromatic rings. The van der Waals surface area contributed by atoms with Gasteiger partial charge in [0.1, 0.15) is 12.4 Å². The van der Waals surface area contributed by atoms with Crippen molar-refractivity contribution in [2.45, 2.75) is 26.5 Å². The average molecular weight is 270 g/mol. The highest BCUT2D eigenvalue weighted by Crippen LogP contribution is 2.25. The third kappa shape index (κ3) is 2.23. The standard InChI is InChI=1S/C12H13ClFN3O/c1-7(2)17-11(6-18)15-16-12(17)8-3-4-9(13)10(14)5-8/h3-5,7,18H,6H2,1-2H3. The number of benzene rings is 1. The van der Waals surface area contributed by atoms with E-state index in [1.165, 1.54) is 12.1 Å². The normalized spacial score (nSPS) is 11.2. The third-order valence-electron chi connectivity index (χ3n) is 2.60. The number of aromatic nitrogens is 3. The second-order valence-corrected chi connectivity index (χ2v) is 4.60. The molecule has 2 rings (SSSR count). The average Bonchev–Trinajstić information content (AvgIpc) is 2.76. The largest absolute Gasteiger partial charge is 0.388 e. The van der Waals surface area contributed by atoms with E-state index in [0.29, 0.717) is 17.2 Å². The molecule has 4 nitrogen and oxygen atoms in total. The summed E-state index contributed by atoms with van der Waals surface area (Å²) in [5, 5.41) is 17.2. The SMILES string of the molecule is CC(C)n1c(CO)nnc1-c1ccc(Cl)c(F)c1. The molecule has 0 fully saturated rings. The molecular formula is C12H13ClFN3O. The maximum Gasteiger partial charge on any atom is 0.164 e. The topological polar surface area (TPSA) is 50.9 Å². The second-order valence-electron chi connectivity index (χ2n) is 4.19. The minimum Gasteiger partial charge on any atom is -0.388 e. The van der Waals surface area contributed by atoms with Gasteiger partial charge in [0.15, 0.2) is 11.6 Å². The summed E-state index contributed by atoms with van der Waals surface area (Å²) in [5.74, 6) is 0.470. The van der Waals surface area contributed by atoms with Gasteiger partial charge in [-0.2, -0.15) is 0 Å². The van der Waals surface area contributed by atoms with E-state index < -0.39 is 5.82 Å². The van der Waals surface area contributed by atoms with Gasteiger partial charge >= 0.3 is 0 Å². The lowest BCUT2D eigenvalue weighted by atomic mass is 10.2. The van der Waals surface area contributed by atoms with Crippen LogP contribution in [-0.4, -0.2) is 19.9 Å². The number of aliphatic hydroxyl groups is 1. The lowest BCUT2D eigenvalue weighted by Crippen LogP contribution is -2.08. The molecule has 0 saturated carbocycles. The summed E-state index contributed by atoms with van der Waals surface area (Å²) in [6.07, 6.45) is 0. The number of rotatable bonds is 3. The molecule has 18 heavy (non-hydrogen) atoms. The fraction of sp³-hybridized carbons (Fsp3) is 0.333. The molecule has 0 spiro atoms. The lowest BCUT2D eigenvalue weighted by molar-refractivity contribution is 0.262. The Morgan fingerprint density at radius 1 is 1.39 bits per heavy atom. The highest BCUT2D eigenvalue weighted by Gasteiger charge is 2.16. The summed E-state index contributed by atoms with van der Waals surface area (Å²) in [7, 11) is 0. The molecule has 0 amide bonds. The Balaban J connectivity index is 2.56. The Labute approximate surface area is 109 Å². The van der Waals surface area contributed by atoms with E-state index in [1.54, 1.807) is 10.6 Å².